The maximum Gasteiger partial charge on any atom is 0.259 e. The number of nitrogens with zero attached hydrogens (tertiary/aromatic N) is 2. The highest BCUT2D eigenvalue weighted by atomic mass is 32.1. The Morgan fingerprint density at radius 2 is 2.04 bits per heavy atom. The number of hydrogen-bond acceptors (Lipinski definition) is 4. The summed E-state index contributed by atoms with van der Waals surface area (Å²) in [4.78, 5) is 26.1. The van der Waals surface area contributed by atoms with E-state index in [9.17, 15) is 9.59 Å². The number of thiophene rings is 1. The average molecular weight is 395 g/mol. The topological polar surface area (TPSA) is 90.0 Å². The van der Waals surface area contributed by atoms with Crippen LogP contribution in [0.25, 0.3) is 5.69 Å². The molecule has 1 aliphatic carbocycles. The zero-order valence-corrected chi connectivity index (χ0v) is 16.7. The van der Waals surface area contributed by atoms with Gasteiger partial charge in [0.1, 0.15) is 5.00 Å². The summed E-state index contributed by atoms with van der Waals surface area (Å²) in [6.07, 6.45) is 4.32. The molecule has 1 atom stereocenters. The number of carbonyl (C=O) groups is 2. The molecule has 0 saturated heterocycles. The van der Waals surface area contributed by atoms with Crippen LogP contribution in [0.3, 0.4) is 0 Å². The Hall–Kier alpha value is -2.93. The van der Waals surface area contributed by atoms with Gasteiger partial charge >= 0.3 is 0 Å². The first-order valence-corrected chi connectivity index (χ1v) is 10.1. The van der Waals surface area contributed by atoms with Gasteiger partial charge in [0.05, 0.1) is 28.7 Å². The summed E-state index contributed by atoms with van der Waals surface area (Å²) in [5.41, 5.74) is 9.20. The average Bonchev–Trinajstić information content (AvgIpc) is 3.22. The van der Waals surface area contributed by atoms with Crippen LogP contribution in [0.1, 0.15) is 50.2 Å². The molecule has 4 rings (SSSR count). The second-order valence-corrected chi connectivity index (χ2v) is 8.37. The summed E-state index contributed by atoms with van der Waals surface area (Å²) in [6.45, 7) is 4.05. The van der Waals surface area contributed by atoms with Crippen molar-refractivity contribution in [3.63, 3.8) is 0 Å². The van der Waals surface area contributed by atoms with Gasteiger partial charge in [0, 0.05) is 4.88 Å². The molecule has 144 valence electrons. The molecule has 0 spiro atoms. The van der Waals surface area contributed by atoms with Gasteiger partial charge in [-0.15, -0.1) is 11.3 Å². The number of nitrogens with two attached hydrogens (primary N) is 1. The van der Waals surface area contributed by atoms with E-state index in [2.05, 4.69) is 17.3 Å². The van der Waals surface area contributed by atoms with E-state index in [1.807, 2.05) is 37.3 Å². The minimum absolute atomic E-state index is 0.283. The maximum absolute atomic E-state index is 12.9. The van der Waals surface area contributed by atoms with Crippen molar-refractivity contribution in [3.8, 4) is 5.69 Å². The van der Waals surface area contributed by atoms with Crippen molar-refractivity contribution in [3.05, 3.63) is 63.8 Å². The van der Waals surface area contributed by atoms with Crippen molar-refractivity contribution in [1.82, 2.24) is 9.78 Å². The molecule has 0 aliphatic heterocycles. The second kappa shape index (κ2) is 7.24. The van der Waals surface area contributed by atoms with Gasteiger partial charge in [0.2, 0.25) is 0 Å². The van der Waals surface area contributed by atoms with Crippen molar-refractivity contribution in [2.45, 2.75) is 33.1 Å². The van der Waals surface area contributed by atoms with Gasteiger partial charge in [-0.1, -0.05) is 25.1 Å². The number of fused-ring (bicyclic) bond motifs is 1. The van der Waals surface area contributed by atoms with Crippen LogP contribution in [-0.2, 0) is 12.8 Å². The van der Waals surface area contributed by atoms with E-state index >= 15 is 0 Å². The molecule has 1 unspecified atom stereocenters. The third kappa shape index (κ3) is 3.22. The van der Waals surface area contributed by atoms with E-state index < -0.39 is 5.91 Å². The zero-order valence-electron chi connectivity index (χ0n) is 15.9. The molecule has 0 bridgehead atoms. The smallest absolute Gasteiger partial charge is 0.259 e. The first-order valence-electron chi connectivity index (χ1n) is 9.31. The molecule has 0 fully saturated rings. The van der Waals surface area contributed by atoms with Gasteiger partial charge in [0.15, 0.2) is 0 Å². The standard InChI is InChI=1S/C21H22N4O2S/c1-12-8-9-15-17(10-12)28-21(18(15)19(22)26)24-20(27)16-11-23-25(13(16)2)14-6-4-3-5-7-14/h3-7,11-12H,8-10H2,1-2H3,(H2,22,26)(H,24,27). The van der Waals surface area contributed by atoms with Crippen LogP contribution in [0, 0.1) is 12.8 Å². The summed E-state index contributed by atoms with van der Waals surface area (Å²) in [5, 5.41) is 7.80. The predicted octanol–water partition coefficient (Wildman–Crippen LogP) is 3.72. The normalized spacial score (nSPS) is 15.9. The summed E-state index contributed by atoms with van der Waals surface area (Å²) < 4.78 is 1.73. The zero-order chi connectivity index (χ0) is 19.8. The summed E-state index contributed by atoms with van der Waals surface area (Å²) in [6, 6.07) is 9.64. The summed E-state index contributed by atoms with van der Waals surface area (Å²) in [7, 11) is 0. The highest BCUT2D eigenvalue weighted by Gasteiger charge is 2.28. The lowest BCUT2D eigenvalue weighted by Crippen LogP contribution is -2.19. The predicted molar refractivity (Wildman–Crippen MR) is 110 cm³/mol. The van der Waals surface area contributed by atoms with Crippen molar-refractivity contribution < 1.29 is 9.59 Å². The lowest BCUT2D eigenvalue weighted by molar-refractivity contribution is 0.1000. The number of benzene rings is 1. The molecule has 3 N–H and O–H groups in total. The molecule has 7 heteroatoms. The monoisotopic (exact) mass is 394 g/mol. The minimum Gasteiger partial charge on any atom is -0.365 e. The molecule has 6 nitrogen and oxygen atoms in total. The van der Waals surface area contributed by atoms with E-state index in [-0.39, 0.29) is 5.91 Å². The number of para-hydroxylation sites is 1. The molecular formula is C21H22N4O2S. The Labute approximate surface area is 167 Å². The SMILES string of the molecule is Cc1c(C(=O)Nc2sc3c(c2C(N)=O)CCC(C)C3)cnn1-c1ccccc1. The largest absolute Gasteiger partial charge is 0.365 e. The van der Waals surface area contributed by atoms with E-state index in [4.69, 9.17) is 5.73 Å². The van der Waals surface area contributed by atoms with Gasteiger partial charge in [0.25, 0.3) is 11.8 Å². The van der Waals surface area contributed by atoms with E-state index in [0.29, 0.717) is 22.0 Å². The number of rotatable bonds is 4. The van der Waals surface area contributed by atoms with Crippen LogP contribution in [0.4, 0.5) is 5.00 Å². The Morgan fingerprint density at radius 1 is 1.29 bits per heavy atom. The van der Waals surface area contributed by atoms with Crippen LogP contribution >= 0.6 is 11.3 Å². The number of anilines is 1. The van der Waals surface area contributed by atoms with Crippen LogP contribution in [0.2, 0.25) is 0 Å². The third-order valence-corrected chi connectivity index (χ3v) is 6.41. The van der Waals surface area contributed by atoms with Crippen molar-refractivity contribution >= 4 is 28.2 Å². The fraction of sp³-hybridized carbons (Fsp3) is 0.286. The van der Waals surface area contributed by atoms with Crippen LogP contribution in [-0.4, -0.2) is 21.6 Å². The van der Waals surface area contributed by atoms with E-state index in [0.717, 1.165) is 41.1 Å². The number of amides is 2. The van der Waals surface area contributed by atoms with E-state index in [1.54, 1.807) is 10.9 Å². The van der Waals surface area contributed by atoms with E-state index in [1.165, 1.54) is 11.3 Å². The maximum atomic E-state index is 12.9. The molecule has 1 aliphatic rings. The molecule has 2 heterocycles. The Morgan fingerprint density at radius 3 is 2.75 bits per heavy atom. The number of nitrogens with one attached hydrogen (secondary N) is 1. The van der Waals surface area contributed by atoms with Gasteiger partial charge in [-0.05, 0) is 49.8 Å². The van der Waals surface area contributed by atoms with Gasteiger partial charge < -0.3 is 11.1 Å². The van der Waals surface area contributed by atoms with Crippen LogP contribution in [0.5, 0.6) is 0 Å². The van der Waals surface area contributed by atoms with Crippen LogP contribution in [0.15, 0.2) is 36.5 Å². The van der Waals surface area contributed by atoms with Crippen molar-refractivity contribution in [2.24, 2.45) is 11.7 Å². The van der Waals surface area contributed by atoms with Gasteiger partial charge in [-0.3, -0.25) is 9.59 Å². The first kappa shape index (κ1) is 18.4. The number of hydrogen-bond donors (Lipinski definition) is 2. The number of primary amides is 1. The lowest BCUT2D eigenvalue weighted by Gasteiger charge is -2.18. The third-order valence-electron chi connectivity index (χ3n) is 5.24. The molecule has 2 aromatic heterocycles. The highest BCUT2D eigenvalue weighted by Crippen LogP contribution is 2.39. The molecule has 0 radical (unpaired) electrons. The first-order chi connectivity index (χ1) is 13.5. The molecule has 0 saturated carbocycles. The number of aromatic nitrogens is 2. The lowest BCUT2D eigenvalue weighted by atomic mass is 9.88. The quantitative estimate of drug-likeness (QED) is 0.707. The van der Waals surface area contributed by atoms with Crippen molar-refractivity contribution in [2.75, 3.05) is 5.32 Å². The minimum atomic E-state index is -0.487. The van der Waals surface area contributed by atoms with Gasteiger partial charge in [-0.25, -0.2) is 4.68 Å². The molecular weight excluding hydrogens is 372 g/mol. The molecule has 1 aromatic carbocycles. The molecule has 3 aromatic rings. The highest BCUT2D eigenvalue weighted by molar-refractivity contribution is 7.17. The fourth-order valence-electron chi connectivity index (χ4n) is 3.73. The molecule has 2 amide bonds. The second-order valence-electron chi connectivity index (χ2n) is 7.27. The Bertz CT molecular complexity index is 1050. The number of carbonyl (C=O) groups excluding carboxylic acids is 2. The van der Waals surface area contributed by atoms with Gasteiger partial charge in [-0.2, -0.15) is 5.10 Å². The summed E-state index contributed by atoms with van der Waals surface area (Å²) in [5.74, 6) is -0.199. The van der Waals surface area contributed by atoms with Crippen molar-refractivity contribution in [1.29, 1.82) is 0 Å². The fourth-order valence-corrected chi connectivity index (χ4v) is 5.14. The Kier molecular flexibility index (Phi) is 4.77. The molecule has 28 heavy (non-hydrogen) atoms. The van der Waals surface area contributed by atoms with Crippen LogP contribution < -0.4 is 11.1 Å². The summed E-state index contributed by atoms with van der Waals surface area (Å²) >= 11 is 1.47. The Balaban J connectivity index is 1.65.